The summed E-state index contributed by atoms with van der Waals surface area (Å²) in [7, 11) is 0. The topological polar surface area (TPSA) is 105 Å². The van der Waals surface area contributed by atoms with Crippen molar-refractivity contribution < 1.29 is 24.2 Å². The van der Waals surface area contributed by atoms with Crippen LogP contribution in [0.25, 0.3) is 11.1 Å². The molecular formula is C25H26N2O5. The lowest BCUT2D eigenvalue weighted by Crippen LogP contribution is -2.48. The van der Waals surface area contributed by atoms with Crippen LogP contribution in [0.15, 0.2) is 60.7 Å². The zero-order valence-corrected chi connectivity index (χ0v) is 17.8. The van der Waals surface area contributed by atoms with Crippen molar-refractivity contribution in [2.24, 2.45) is 5.92 Å². The molecule has 3 atom stereocenters. The Bertz CT molecular complexity index is 1020. The number of carboxylic acids is 1. The minimum absolute atomic E-state index is 0.0578. The molecule has 3 N–H and O–H groups in total. The maximum Gasteiger partial charge on any atom is 0.407 e. The largest absolute Gasteiger partial charge is 0.481 e. The van der Waals surface area contributed by atoms with E-state index in [0.717, 1.165) is 22.3 Å². The molecule has 7 nitrogen and oxygen atoms in total. The Morgan fingerprint density at radius 2 is 1.69 bits per heavy atom. The van der Waals surface area contributed by atoms with Gasteiger partial charge < -0.3 is 20.5 Å². The van der Waals surface area contributed by atoms with Gasteiger partial charge in [0.15, 0.2) is 0 Å². The molecule has 0 spiro atoms. The number of fused-ring (bicyclic) bond motifs is 3. The summed E-state index contributed by atoms with van der Waals surface area (Å²) in [6.45, 7) is 1.73. The fraction of sp³-hybridized carbons (Fsp3) is 0.320. The van der Waals surface area contributed by atoms with E-state index < -0.39 is 24.0 Å². The van der Waals surface area contributed by atoms with Crippen LogP contribution in [0, 0.1) is 5.92 Å². The number of carbonyl (C=O) groups is 3. The van der Waals surface area contributed by atoms with Crippen molar-refractivity contribution in [3.63, 3.8) is 0 Å². The van der Waals surface area contributed by atoms with Gasteiger partial charge in [0, 0.05) is 12.0 Å². The van der Waals surface area contributed by atoms with E-state index in [1.54, 1.807) is 19.1 Å². The summed E-state index contributed by atoms with van der Waals surface area (Å²) in [4.78, 5) is 36.0. The van der Waals surface area contributed by atoms with Crippen molar-refractivity contribution in [3.05, 3.63) is 71.8 Å². The SMILES string of the molecule is C[C@H](NC(=O)OCC1c2ccccc2-c2ccccc21)C(=O)NC1C=CCC(C(=O)O)C1. The number of ether oxygens (including phenoxy) is 1. The normalized spacial score (nSPS) is 20.0. The van der Waals surface area contributed by atoms with Gasteiger partial charge in [-0.15, -0.1) is 0 Å². The predicted octanol–water partition coefficient (Wildman–Crippen LogP) is 3.45. The van der Waals surface area contributed by atoms with Crippen LogP contribution in [0.4, 0.5) is 4.79 Å². The summed E-state index contributed by atoms with van der Waals surface area (Å²) in [6.07, 6.45) is 3.66. The summed E-state index contributed by atoms with van der Waals surface area (Å²) >= 11 is 0. The standard InChI is InChI=1S/C25H26N2O5/c1-15(23(28)27-17-8-6-7-16(13-17)24(29)30)26-25(31)32-14-22-20-11-4-2-9-18(20)19-10-3-5-12-21(19)22/h2-6,8-12,15-17,22H,7,13-14H2,1H3,(H,26,31)(H,27,28)(H,29,30)/t15-,16?,17?/m0/s1. The third-order valence-corrected chi connectivity index (χ3v) is 6.08. The van der Waals surface area contributed by atoms with Crippen LogP contribution in [0.5, 0.6) is 0 Å². The molecule has 2 aliphatic carbocycles. The molecule has 0 aliphatic heterocycles. The summed E-state index contributed by atoms with van der Waals surface area (Å²) < 4.78 is 5.48. The van der Waals surface area contributed by atoms with E-state index in [-0.39, 0.29) is 24.5 Å². The van der Waals surface area contributed by atoms with E-state index >= 15 is 0 Å². The van der Waals surface area contributed by atoms with Crippen molar-refractivity contribution in [1.82, 2.24) is 10.6 Å². The Morgan fingerprint density at radius 1 is 1.06 bits per heavy atom. The highest BCUT2D eigenvalue weighted by molar-refractivity contribution is 5.86. The Hall–Kier alpha value is -3.61. The fourth-order valence-corrected chi connectivity index (χ4v) is 4.39. The van der Waals surface area contributed by atoms with E-state index in [1.807, 2.05) is 36.4 Å². The van der Waals surface area contributed by atoms with Gasteiger partial charge in [-0.1, -0.05) is 60.7 Å². The highest BCUT2D eigenvalue weighted by Crippen LogP contribution is 2.44. The maximum absolute atomic E-state index is 12.4. The Kier molecular flexibility index (Phi) is 6.25. The number of aliphatic carboxylic acids is 1. The number of alkyl carbamates (subject to hydrolysis) is 1. The second-order valence-electron chi connectivity index (χ2n) is 8.24. The van der Waals surface area contributed by atoms with Crippen LogP contribution in [-0.4, -0.2) is 41.8 Å². The number of hydrogen-bond acceptors (Lipinski definition) is 4. The predicted molar refractivity (Wildman–Crippen MR) is 119 cm³/mol. The molecule has 0 aromatic heterocycles. The highest BCUT2D eigenvalue weighted by Gasteiger charge is 2.30. The Morgan fingerprint density at radius 3 is 2.31 bits per heavy atom. The number of rotatable bonds is 6. The molecule has 0 saturated carbocycles. The second kappa shape index (κ2) is 9.26. The zero-order chi connectivity index (χ0) is 22.7. The minimum atomic E-state index is -0.876. The molecule has 2 aromatic rings. The lowest BCUT2D eigenvalue weighted by molar-refractivity contribution is -0.142. The first-order valence-corrected chi connectivity index (χ1v) is 10.8. The molecule has 0 radical (unpaired) electrons. The number of carboxylic acid groups (broad SMARTS) is 1. The molecular weight excluding hydrogens is 408 g/mol. The summed E-state index contributed by atoms with van der Waals surface area (Å²) in [5.41, 5.74) is 4.52. The average molecular weight is 434 g/mol. The van der Waals surface area contributed by atoms with Gasteiger partial charge in [0.1, 0.15) is 12.6 Å². The quantitative estimate of drug-likeness (QED) is 0.604. The monoisotopic (exact) mass is 434 g/mol. The summed E-state index contributed by atoms with van der Waals surface area (Å²) in [5, 5.41) is 14.5. The summed E-state index contributed by atoms with van der Waals surface area (Å²) in [5.74, 6) is -1.84. The van der Waals surface area contributed by atoms with Gasteiger partial charge in [-0.2, -0.15) is 0 Å². The molecule has 0 heterocycles. The smallest absolute Gasteiger partial charge is 0.407 e. The van der Waals surface area contributed by atoms with Crippen LogP contribution in [0.1, 0.15) is 36.8 Å². The first-order valence-electron chi connectivity index (χ1n) is 10.8. The number of carbonyl (C=O) groups excluding carboxylic acids is 2. The molecule has 32 heavy (non-hydrogen) atoms. The first-order chi connectivity index (χ1) is 15.4. The van der Waals surface area contributed by atoms with E-state index in [2.05, 4.69) is 22.8 Å². The van der Waals surface area contributed by atoms with Crippen molar-refractivity contribution in [3.8, 4) is 11.1 Å². The number of amides is 2. The lowest BCUT2D eigenvalue weighted by atomic mass is 9.91. The van der Waals surface area contributed by atoms with E-state index in [0.29, 0.717) is 12.8 Å². The third kappa shape index (κ3) is 4.51. The molecule has 2 amide bonds. The van der Waals surface area contributed by atoms with E-state index in [4.69, 9.17) is 9.84 Å². The van der Waals surface area contributed by atoms with Crippen molar-refractivity contribution in [2.75, 3.05) is 6.61 Å². The Balaban J connectivity index is 1.31. The van der Waals surface area contributed by atoms with E-state index in [1.165, 1.54) is 0 Å². The molecule has 0 saturated heterocycles. The van der Waals surface area contributed by atoms with Gasteiger partial charge in [-0.25, -0.2) is 4.79 Å². The zero-order valence-electron chi connectivity index (χ0n) is 17.8. The molecule has 0 bridgehead atoms. The van der Waals surface area contributed by atoms with Crippen LogP contribution in [0.2, 0.25) is 0 Å². The number of hydrogen-bond donors (Lipinski definition) is 3. The second-order valence-corrected chi connectivity index (χ2v) is 8.24. The fourth-order valence-electron chi connectivity index (χ4n) is 4.39. The molecule has 2 unspecified atom stereocenters. The molecule has 4 rings (SSSR count). The molecule has 2 aromatic carbocycles. The third-order valence-electron chi connectivity index (χ3n) is 6.08. The number of benzene rings is 2. The summed E-state index contributed by atoms with van der Waals surface area (Å²) in [6, 6.07) is 15.0. The molecule has 7 heteroatoms. The highest BCUT2D eigenvalue weighted by atomic mass is 16.5. The van der Waals surface area contributed by atoms with Crippen molar-refractivity contribution >= 4 is 18.0 Å². The van der Waals surface area contributed by atoms with Crippen LogP contribution in [0.3, 0.4) is 0 Å². The number of nitrogens with one attached hydrogen (secondary N) is 2. The Labute approximate surface area is 186 Å². The van der Waals surface area contributed by atoms with Gasteiger partial charge in [-0.3, -0.25) is 9.59 Å². The van der Waals surface area contributed by atoms with Gasteiger partial charge in [0.2, 0.25) is 5.91 Å². The number of allylic oxidation sites excluding steroid dienone is 1. The van der Waals surface area contributed by atoms with Crippen molar-refractivity contribution in [2.45, 2.75) is 37.8 Å². The van der Waals surface area contributed by atoms with E-state index in [9.17, 15) is 14.4 Å². The first kappa shape index (κ1) is 21.6. The van der Waals surface area contributed by atoms with Gasteiger partial charge >= 0.3 is 12.1 Å². The van der Waals surface area contributed by atoms with Crippen molar-refractivity contribution in [1.29, 1.82) is 0 Å². The van der Waals surface area contributed by atoms with Gasteiger partial charge in [-0.05, 0) is 42.0 Å². The van der Waals surface area contributed by atoms with Gasteiger partial charge in [0.05, 0.1) is 5.92 Å². The lowest BCUT2D eigenvalue weighted by Gasteiger charge is -2.24. The molecule has 166 valence electrons. The van der Waals surface area contributed by atoms with Gasteiger partial charge in [0.25, 0.3) is 0 Å². The maximum atomic E-state index is 12.4. The minimum Gasteiger partial charge on any atom is -0.481 e. The average Bonchev–Trinajstić information content (AvgIpc) is 3.11. The van der Waals surface area contributed by atoms with Crippen LogP contribution in [-0.2, 0) is 14.3 Å². The van der Waals surface area contributed by atoms with Crippen LogP contribution < -0.4 is 10.6 Å². The molecule has 2 aliphatic rings. The molecule has 0 fully saturated rings. The van der Waals surface area contributed by atoms with Crippen LogP contribution >= 0.6 is 0 Å².